The summed E-state index contributed by atoms with van der Waals surface area (Å²) >= 11 is 0. The molecule has 0 unspecified atom stereocenters. The molecule has 108 valence electrons. The monoisotopic (exact) mass is 289 g/mol. The van der Waals surface area contributed by atoms with Crippen LogP contribution in [-0.2, 0) is 6.54 Å². The largest absolute Gasteiger partial charge is 0.398 e. The van der Waals surface area contributed by atoms with Crippen molar-refractivity contribution in [3.05, 3.63) is 60.0 Å². The fraction of sp³-hybridized carbons (Fsp3) is 0.118. The summed E-state index contributed by atoms with van der Waals surface area (Å²) in [6.07, 6.45) is 1.78. The number of aryl methyl sites for hydroxylation is 1. The van der Waals surface area contributed by atoms with E-state index in [2.05, 4.69) is 10.1 Å². The molecule has 4 rings (SSSR count). The van der Waals surface area contributed by atoms with E-state index in [1.54, 1.807) is 6.20 Å². The minimum absolute atomic E-state index is 0.579. The molecule has 0 fully saturated rings. The molecule has 0 saturated heterocycles. The number of nitrogen functional groups attached to an aromatic ring is 1. The molecule has 2 N–H and O–H groups in total. The number of nitrogens with zero attached hydrogens (tertiary/aromatic N) is 4. The molecule has 0 aliphatic carbocycles. The highest BCUT2D eigenvalue weighted by atomic mass is 15.3. The van der Waals surface area contributed by atoms with Crippen molar-refractivity contribution in [1.29, 1.82) is 0 Å². The van der Waals surface area contributed by atoms with Crippen LogP contribution >= 0.6 is 0 Å². The molecule has 5 heteroatoms. The summed E-state index contributed by atoms with van der Waals surface area (Å²) in [5.74, 6) is 0. The van der Waals surface area contributed by atoms with Crippen LogP contribution in [0, 0.1) is 6.92 Å². The Morgan fingerprint density at radius 1 is 1.09 bits per heavy atom. The number of fused-ring (bicyclic) bond motifs is 2. The van der Waals surface area contributed by atoms with Gasteiger partial charge in [0.2, 0.25) is 0 Å². The van der Waals surface area contributed by atoms with Gasteiger partial charge in [-0.25, -0.2) is 9.67 Å². The molecular formula is C17H15N5. The molecule has 0 amide bonds. The van der Waals surface area contributed by atoms with Gasteiger partial charge in [-0.2, -0.15) is 5.10 Å². The molecule has 4 aromatic rings. The molecule has 0 spiro atoms. The van der Waals surface area contributed by atoms with Crippen molar-refractivity contribution in [2.24, 2.45) is 0 Å². The van der Waals surface area contributed by atoms with Crippen molar-refractivity contribution in [1.82, 2.24) is 19.7 Å². The summed E-state index contributed by atoms with van der Waals surface area (Å²) in [6.45, 7) is 2.54. The second-order valence-electron chi connectivity index (χ2n) is 5.31. The van der Waals surface area contributed by atoms with Crippen LogP contribution in [0.4, 0.5) is 5.69 Å². The lowest BCUT2D eigenvalue weighted by Crippen LogP contribution is -2.04. The SMILES string of the molecule is Cc1nn(Cc2ccccn2)c2nc3ccccc3c(N)c12. The summed E-state index contributed by atoms with van der Waals surface area (Å²) in [7, 11) is 0. The van der Waals surface area contributed by atoms with Crippen LogP contribution in [0.25, 0.3) is 21.9 Å². The fourth-order valence-corrected chi connectivity index (χ4v) is 2.80. The average Bonchev–Trinajstić information content (AvgIpc) is 2.85. The van der Waals surface area contributed by atoms with Gasteiger partial charge >= 0.3 is 0 Å². The van der Waals surface area contributed by atoms with Gasteiger partial charge in [0.05, 0.1) is 34.5 Å². The van der Waals surface area contributed by atoms with Crippen molar-refractivity contribution in [3.63, 3.8) is 0 Å². The highest BCUT2D eigenvalue weighted by Crippen LogP contribution is 2.30. The Kier molecular flexibility index (Phi) is 2.79. The van der Waals surface area contributed by atoms with Crippen LogP contribution < -0.4 is 5.73 Å². The lowest BCUT2D eigenvalue weighted by atomic mass is 10.1. The Labute approximate surface area is 127 Å². The number of para-hydroxylation sites is 1. The van der Waals surface area contributed by atoms with Gasteiger partial charge in [0, 0.05) is 11.6 Å². The first kappa shape index (κ1) is 12.8. The molecule has 0 radical (unpaired) electrons. The lowest BCUT2D eigenvalue weighted by molar-refractivity contribution is 0.682. The van der Waals surface area contributed by atoms with Crippen molar-refractivity contribution >= 4 is 27.6 Å². The van der Waals surface area contributed by atoms with E-state index in [1.165, 1.54) is 0 Å². The Hall–Kier alpha value is -2.95. The molecule has 0 aliphatic heterocycles. The smallest absolute Gasteiger partial charge is 0.161 e. The Morgan fingerprint density at radius 3 is 2.73 bits per heavy atom. The second-order valence-corrected chi connectivity index (χ2v) is 5.31. The molecule has 1 aromatic carbocycles. The third kappa shape index (κ3) is 1.90. The predicted octanol–water partition coefficient (Wildman–Crippen LogP) is 2.92. The van der Waals surface area contributed by atoms with E-state index in [0.717, 1.165) is 39.0 Å². The summed E-state index contributed by atoms with van der Waals surface area (Å²) in [5, 5.41) is 6.50. The van der Waals surface area contributed by atoms with E-state index in [0.29, 0.717) is 6.54 Å². The van der Waals surface area contributed by atoms with Crippen LogP contribution in [0.5, 0.6) is 0 Å². The number of nitrogens with two attached hydrogens (primary N) is 1. The molecule has 5 nitrogen and oxygen atoms in total. The molecule has 0 aliphatic rings. The zero-order valence-electron chi connectivity index (χ0n) is 12.2. The predicted molar refractivity (Wildman–Crippen MR) is 87.5 cm³/mol. The minimum atomic E-state index is 0.579. The molecule has 0 atom stereocenters. The average molecular weight is 289 g/mol. The summed E-state index contributed by atoms with van der Waals surface area (Å²) in [5.41, 5.74) is 10.6. The normalized spacial score (nSPS) is 11.3. The van der Waals surface area contributed by atoms with E-state index in [-0.39, 0.29) is 0 Å². The molecule has 0 bridgehead atoms. The number of anilines is 1. The third-order valence-electron chi connectivity index (χ3n) is 3.83. The first-order valence-corrected chi connectivity index (χ1v) is 7.15. The third-order valence-corrected chi connectivity index (χ3v) is 3.83. The van der Waals surface area contributed by atoms with Crippen LogP contribution in [0.2, 0.25) is 0 Å². The first-order valence-electron chi connectivity index (χ1n) is 7.15. The number of rotatable bonds is 2. The fourth-order valence-electron chi connectivity index (χ4n) is 2.80. The van der Waals surface area contributed by atoms with E-state index < -0.39 is 0 Å². The number of hydrogen-bond donors (Lipinski definition) is 1. The van der Waals surface area contributed by atoms with Crippen molar-refractivity contribution in [2.75, 3.05) is 5.73 Å². The molecular weight excluding hydrogens is 274 g/mol. The second kappa shape index (κ2) is 4.80. The Morgan fingerprint density at radius 2 is 1.91 bits per heavy atom. The first-order chi connectivity index (χ1) is 10.7. The number of pyridine rings is 2. The Balaban J connectivity index is 1.97. The maximum atomic E-state index is 6.35. The number of hydrogen-bond acceptors (Lipinski definition) is 4. The summed E-state index contributed by atoms with van der Waals surface area (Å²) in [4.78, 5) is 9.10. The van der Waals surface area contributed by atoms with Gasteiger partial charge in [0.25, 0.3) is 0 Å². The van der Waals surface area contributed by atoms with Crippen LogP contribution in [0.15, 0.2) is 48.7 Å². The topological polar surface area (TPSA) is 69.6 Å². The lowest BCUT2D eigenvalue weighted by Gasteiger charge is -2.06. The van der Waals surface area contributed by atoms with Crippen molar-refractivity contribution < 1.29 is 0 Å². The zero-order valence-corrected chi connectivity index (χ0v) is 12.2. The van der Waals surface area contributed by atoms with Gasteiger partial charge in [-0.3, -0.25) is 4.98 Å². The minimum Gasteiger partial charge on any atom is -0.398 e. The van der Waals surface area contributed by atoms with E-state index in [4.69, 9.17) is 10.7 Å². The summed E-state index contributed by atoms with van der Waals surface area (Å²) < 4.78 is 1.87. The molecule has 22 heavy (non-hydrogen) atoms. The van der Waals surface area contributed by atoms with Gasteiger partial charge in [-0.1, -0.05) is 24.3 Å². The van der Waals surface area contributed by atoms with Crippen LogP contribution in [0.1, 0.15) is 11.4 Å². The zero-order chi connectivity index (χ0) is 15.1. The van der Waals surface area contributed by atoms with Gasteiger partial charge in [-0.05, 0) is 25.1 Å². The van der Waals surface area contributed by atoms with E-state index in [1.807, 2.05) is 54.1 Å². The van der Waals surface area contributed by atoms with Gasteiger partial charge < -0.3 is 5.73 Å². The van der Waals surface area contributed by atoms with Crippen LogP contribution in [-0.4, -0.2) is 19.7 Å². The molecule has 3 aromatic heterocycles. The quantitative estimate of drug-likeness (QED) is 0.616. The molecule has 3 heterocycles. The summed E-state index contributed by atoms with van der Waals surface area (Å²) in [6, 6.07) is 13.8. The Bertz CT molecular complexity index is 973. The van der Waals surface area contributed by atoms with Gasteiger partial charge in [-0.15, -0.1) is 0 Å². The van der Waals surface area contributed by atoms with E-state index in [9.17, 15) is 0 Å². The standard InChI is InChI=1S/C17H15N5/c1-11-15-16(18)13-7-2-3-8-14(13)20-17(15)22(21-11)10-12-6-4-5-9-19-12/h2-9H,10H2,1H3,(H2,18,20). The van der Waals surface area contributed by atoms with Gasteiger partial charge in [0.1, 0.15) is 0 Å². The maximum absolute atomic E-state index is 6.35. The number of benzene rings is 1. The van der Waals surface area contributed by atoms with Crippen molar-refractivity contribution in [3.8, 4) is 0 Å². The highest BCUT2D eigenvalue weighted by Gasteiger charge is 2.15. The maximum Gasteiger partial charge on any atom is 0.161 e. The van der Waals surface area contributed by atoms with Gasteiger partial charge in [0.15, 0.2) is 5.65 Å². The van der Waals surface area contributed by atoms with Crippen molar-refractivity contribution in [2.45, 2.75) is 13.5 Å². The molecule has 0 saturated carbocycles. The van der Waals surface area contributed by atoms with E-state index >= 15 is 0 Å². The van der Waals surface area contributed by atoms with Crippen LogP contribution in [0.3, 0.4) is 0 Å². The number of aromatic nitrogens is 4. The highest BCUT2D eigenvalue weighted by molar-refractivity contribution is 6.06.